The number of methoxy groups -OCH3 is 1. The molecular weight excluding hydrogens is 138 g/mol. The number of rotatable bonds is 3. The molecule has 1 aliphatic rings. The molecule has 1 saturated heterocycles. The van der Waals surface area contributed by atoms with Crippen LogP contribution in [0.2, 0.25) is 0 Å². The zero-order chi connectivity index (χ0) is 8.10. The molecular formula is C9H19NO. The number of hydrogen-bond acceptors (Lipinski definition) is 2. The summed E-state index contributed by atoms with van der Waals surface area (Å²) >= 11 is 0. The van der Waals surface area contributed by atoms with Gasteiger partial charge in [0.15, 0.2) is 0 Å². The SMILES string of the molecule is CCCC1CNCCC1OC. The predicted octanol–water partition coefficient (Wildman–Crippen LogP) is 1.41. The van der Waals surface area contributed by atoms with Crippen LogP contribution in [-0.2, 0) is 4.74 Å². The molecule has 0 aromatic heterocycles. The van der Waals surface area contributed by atoms with E-state index in [0.29, 0.717) is 6.10 Å². The van der Waals surface area contributed by atoms with Gasteiger partial charge in [-0.25, -0.2) is 0 Å². The van der Waals surface area contributed by atoms with Crippen molar-refractivity contribution in [1.82, 2.24) is 5.32 Å². The van der Waals surface area contributed by atoms with Crippen molar-refractivity contribution >= 4 is 0 Å². The fraction of sp³-hybridized carbons (Fsp3) is 1.00. The molecule has 0 amide bonds. The van der Waals surface area contributed by atoms with Gasteiger partial charge in [0.05, 0.1) is 6.10 Å². The van der Waals surface area contributed by atoms with Crippen molar-refractivity contribution in [3.63, 3.8) is 0 Å². The largest absolute Gasteiger partial charge is 0.381 e. The fourth-order valence-electron chi connectivity index (χ4n) is 1.87. The van der Waals surface area contributed by atoms with Crippen LogP contribution in [0.25, 0.3) is 0 Å². The van der Waals surface area contributed by atoms with E-state index in [9.17, 15) is 0 Å². The third kappa shape index (κ3) is 2.46. The summed E-state index contributed by atoms with van der Waals surface area (Å²) in [7, 11) is 1.83. The van der Waals surface area contributed by atoms with Crippen LogP contribution >= 0.6 is 0 Å². The van der Waals surface area contributed by atoms with Gasteiger partial charge in [0.2, 0.25) is 0 Å². The highest BCUT2D eigenvalue weighted by Crippen LogP contribution is 2.18. The van der Waals surface area contributed by atoms with E-state index in [1.165, 1.54) is 19.3 Å². The van der Waals surface area contributed by atoms with Gasteiger partial charge in [0.25, 0.3) is 0 Å². The van der Waals surface area contributed by atoms with Crippen molar-refractivity contribution in [2.45, 2.75) is 32.3 Å². The van der Waals surface area contributed by atoms with Gasteiger partial charge < -0.3 is 10.1 Å². The summed E-state index contributed by atoms with van der Waals surface area (Å²) in [5.41, 5.74) is 0. The second-order valence-electron chi connectivity index (χ2n) is 3.32. The van der Waals surface area contributed by atoms with Crippen molar-refractivity contribution in [3.8, 4) is 0 Å². The Morgan fingerprint density at radius 2 is 2.36 bits per heavy atom. The van der Waals surface area contributed by atoms with Crippen LogP contribution in [-0.4, -0.2) is 26.3 Å². The quantitative estimate of drug-likeness (QED) is 0.669. The predicted molar refractivity (Wildman–Crippen MR) is 46.7 cm³/mol. The number of piperidine rings is 1. The minimum absolute atomic E-state index is 0.510. The molecule has 0 bridgehead atoms. The van der Waals surface area contributed by atoms with Gasteiger partial charge >= 0.3 is 0 Å². The number of nitrogens with one attached hydrogen (secondary N) is 1. The van der Waals surface area contributed by atoms with E-state index >= 15 is 0 Å². The first kappa shape index (κ1) is 9.01. The van der Waals surface area contributed by atoms with Crippen LogP contribution in [0.4, 0.5) is 0 Å². The van der Waals surface area contributed by atoms with Crippen LogP contribution in [0.5, 0.6) is 0 Å². The van der Waals surface area contributed by atoms with E-state index in [0.717, 1.165) is 19.0 Å². The maximum absolute atomic E-state index is 5.42. The minimum atomic E-state index is 0.510. The van der Waals surface area contributed by atoms with E-state index in [-0.39, 0.29) is 0 Å². The molecule has 11 heavy (non-hydrogen) atoms. The van der Waals surface area contributed by atoms with Gasteiger partial charge in [-0.3, -0.25) is 0 Å². The molecule has 2 nitrogen and oxygen atoms in total. The van der Waals surface area contributed by atoms with Crippen molar-refractivity contribution in [3.05, 3.63) is 0 Å². The van der Waals surface area contributed by atoms with E-state index < -0.39 is 0 Å². The highest BCUT2D eigenvalue weighted by atomic mass is 16.5. The Morgan fingerprint density at radius 3 is 3.00 bits per heavy atom. The standard InChI is InChI=1S/C9H19NO/c1-3-4-8-7-10-6-5-9(8)11-2/h8-10H,3-7H2,1-2H3. The molecule has 1 fully saturated rings. The third-order valence-corrected chi connectivity index (χ3v) is 2.50. The topological polar surface area (TPSA) is 21.3 Å². The lowest BCUT2D eigenvalue weighted by Gasteiger charge is -2.30. The molecule has 2 unspecified atom stereocenters. The summed E-state index contributed by atoms with van der Waals surface area (Å²) in [5, 5.41) is 3.40. The normalized spacial score (nSPS) is 32.2. The Hall–Kier alpha value is -0.0800. The number of ether oxygens (including phenoxy) is 1. The molecule has 1 aliphatic heterocycles. The lowest BCUT2D eigenvalue weighted by Crippen LogP contribution is -2.40. The highest BCUT2D eigenvalue weighted by molar-refractivity contribution is 4.77. The van der Waals surface area contributed by atoms with Gasteiger partial charge in [-0.05, 0) is 25.3 Å². The lowest BCUT2D eigenvalue weighted by atomic mass is 9.92. The van der Waals surface area contributed by atoms with E-state index in [1.54, 1.807) is 0 Å². The van der Waals surface area contributed by atoms with Gasteiger partial charge in [0.1, 0.15) is 0 Å². The Bertz CT molecular complexity index is 104. The molecule has 1 N–H and O–H groups in total. The zero-order valence-corrected chi connectivity index (χ0v) is 7.60. The number of hydrogen-bond donors (Lipinski definition) is 1. The zero-order valence-electron chi connectivity index (χ0n) is 7.60. The maximum atomic E-state index is 5.42. The highest BCUT2D eigenvalue weighted by Gasteiger charge is 2.23. The molecule has 2 atom stereocenters. The monoisotopic (exact) mass is 157 g/mol. The van der Waals surface area contributed by atoms with Gasteiger partial charge in [0, 0.05) is 13.7 Å². The van der Waals surface area contributed by atoms with Crippen LogP contribution in [0.15, 0.2) is 0 Å². The van der Waals surface area contributed by atoms with E-state index in [2.05, 4.69) is 12.2 Å². The molecule has 0 aromatic rings. The smallest absolute Gasteiger partial charge is 0.0623 e. The van der Waals surface area contributed by atoms with Crippen molar-refractivity contribution < 1.29 is 4.74 Å². The second-order valence-corrected chi connectivity index (χ2v) is 3.32. The third-order valence-electron chi connectivity index (χ3n) is 2.50. The molecule has 0 aliphatic carbocycles. The molecule has 0 aromatic carbocycles. The maximum Gasteiger partial charge on any atom is 0.0623 e. The van der Waals surface area contributed by atoms with Crippen LogP contribution in [0.3, 0.4) is 0 Å². The molecule has 0 saturated carbocycles. The molecule has 66 valence electrons. The average Bonchev–Trinajstić information content (AvgIpc) is 2.06. The summed E-state index contributed by atoms with van der Waals surface area (Å²) in [5.74, 6) is 0.749. The van der Waals surface area contributed by atoms with E-state index in [1.807, 2.05) is 7.11 Å². The molecule has 2 heteroatoms. The van der Waals surface area contributed by atoms with Crippen molar-refractivity contribution in [2.24, 2.45) is 5.92 Å². The van der Waals surface area contributed by atoms with E-state index in [4.69, 9.17) is 4.74 Å². The van der Waals surface area contributed by atoms with Crippen molar-refractivity contribution in [1.29, 1.82) is 0 Å². The fourth-order valence-corrected chi connectivity index (χ4v) is 1.87. The molecule has 1 rings (SSSR count). The molecule has 0 spiro atoms. The summed E-state index contributed by atoms with van der Waals surface area (Å²) < 4.78 is 5.42. The van der Waals surface area contributed by atoms with Gasteiger partial charge in [-0.1, -0.05) is 13.3 Å². The van der Waals surface area contributed by atoms with Crippen LogP contribution in [0.1, 0.15) is 26.2 Å². The first-order chi connectivity index (χ1) is 5.38. The summed E-state index contributed by atoms with van der Waals surface area (Å²) in [6.45, 7) is 4.51. The first-order valence-electron chi connectivity index (χ1n) is 4.62. The van der Waals surface area contributed by atoms with Gasteiger partial charge in [-0.15, -0.1) is 0 Å². The van der Waals surface area contributed by atoms with Crippen LogP contribution in [0, 0.1) is 5.92 Å². The summed E-state index contributed by atoms with van der Waals surface area (Å²) in [6, 6.07) is 0. The molecule has 1 heterocycles. The van der Waals surface area contributed by atoms with Gasteiger partial charge in [-0.2, -0.15) is 0 Å². The Kier molecular flexibility index (Phi) is 3.87. The van der Waals surface area contributed by atoms with Crippen LogP contribution < -0.4 is 5.32 Å². The summed E-state index contributed by atoms with van der Waals surface area (Å²) in [4.78, 5) is 0. The Morgan fingerprint density at radius 1 is 1.55 bits per heavy atom. The molecule has 0 radical (unpaired) electrons. The first-order valence-corrected chi connectivity index (χ1v) is 4.62. The summed E-state index contributed by atoms with van der Waals surface area (Å²) in [6.07, 6.45) is 4.26. The Labute approximate surface area is 69.3 Å². The van der Waals surface area contributed by atoms with Crippen molar-refractivity contribution in [2.75, 3.05) is 20.2 Å². The minimum Gasteiger partial charge on any atom is -0.381 e. The Balaban J connectivity index is 2.31. The second kappa shape index (κ2) is 4.73. The lowest BCUT2D eigenvalue weighted by molar-refractivity contribution is 0.0275. The average molecular weight is 157 g/mol.